The van der Waals surface area contributed by atoms with Gasteiger partial charge in [0, 0.05) is 41.0 Å². The van der Waals surface area contributed by atoms with Crippen molar-refractivity contribution in [3.63, 3.8) is 0 Å². The summed E-state index contributed by atoms with van der Waals surface area (Å²) in [6, 6.07) is 8.33. The predicted octanol–water partition coefficient (Wildman–Crippen LogP) is 4.44. The Bertz CT molecular complexity index is 942. The molecule has 2 heterocycles. The summed E-state index contributed by atoms with van der Waals surface area (Å²) in [6.07, 6.45) is 8.90. The van der Waals surface area contributed by atoms with Gasteiger partial charge in [-0.05, 0) is 51.2 Å². The van der Waals surface area contributed by atoms with Gasteiger partial charge in [0.15, 0.2) is 0 Å². The van der Waals surface area contributed by atoms with Crippen LogP contribution in [-0.2, 0) is 11.2 Å². The van der Waals surface area contributed by atoms with E-state index in [1.807, 2.05) is 36.7 Å². The van der Waals surface area contributed by atoms with E-state index in [1.165, 1.54) is 0 Å². The fraction of sp³-hybridized carbons (Fsp3) is 0.409. The van der Waals surface area contributed by atoms with Gasteiger partial charge in [-0.15, -0.1) is 11.3 Å². The Labute approximate surface area is 169 Å². The molecular formula is C22H25N3O2S. The van der Waals surface area contributed by atoms with Gasteiger partial charge >= 0.3 is 0 Å². The van der Waals surface area contributed by atoms with Crippen LogP contribution in [-0.4, -0.2) is 28.0 Å². The Morgan fingerprint density at radius 1 is 1.25 bits per heavy atom. The zero-order valence-corrected chi connectivity index (χ0v) is 16.9. The second-order valence-corrected chi connectivity index (χ2v) is 8.43. The molecule has 5 nitrogen and oxygen atoms in total. The fourth-order valence-electron chi connectivity index (χ4n) is 3.76. The van der Waals surface area contributed by atoms with Gasteiger partial charge in [0.1, 0.15) is 5.75 Å². The highest BCUT2D eigenvalue weighted by atomic mass is 32.1. The van der Waals surface area contributed by atoms with Crippen LogP contribution in [0.5, 0.6) is 5.75 Å². The van der Waals surface area contributed by atoms with Crippen molar-refractivity contribution in [1.82, 2.24) is 15.3 Å². The lowest BCUT2D eigenvalue weighted by Crippen LogP contribution is -2.39. The zero-order chi connectivity index (χ0) is 19.3. The van der Waals surface area contributed by atoms with Crippen LogP contribution in [0.15, 0.2) is 42.0 Å². The van der Waals surface area contributed by atoms with Crippen molar-refractivity contribution < 1.29 is 9.53 Å². The number of carbonyl (C=O) groups is 1. The third kappa shape index (κ3) is 4.68. The number of amides is 1. The highest BCUT2D eigenvalue weighted by molar-refractivity contribution is 7.09. The number of aryl methyl sites for hydroxylation is 2. The number of hydrogen-bond acceptors (Lipinski definition) is 5. The number of aromatic nitrogens is 2. The first kappa shape index (κ1) is 18.9. The quantitative estimate of drug-likeness (QED) is 0.670. The Kier molecular flexibility index (Phi) is 5.86. The van der Waals surface area contributed by atoms with Crippen LogP contribution in [0.1, 0.15) is 42.8 Å². The summed E-state index contributed by atoms with van der Waals surface area (Å²) < 4.78 is 6.28. The summed E-state index contributed by atoms with van der Waals surface area (Å²) in [6.45, 7) is 1.99. The van der Waals surface area contributed by atoms with Crippen molar-refractivity contribution in [1.29, 1.82) is 0 Å². The maximum absolute atomic E-state index is 12.2. The summed E-state index contributed by atoms with van der Waals surface area (Å²) in [5.41, 5.74) is 1.01. The fourth-order valence-corrected chi connectivity index (χ4v) is 4.41. The summed E-state index contributed by atoms with van der Waals surface area (Å²) in [5.74, 6) is 1.04. The minimum atomic E-state index is 0.122. The molecule has 1 saturated carbocycles. The van der Waals surface area contributed by atoms with Crippen LogP contribution in [0.3, 0.4) is 0 Å². The molecule has 1 fully saturated rings. The molecule has 1 N–H and O–H groups in total. The molecule has 0 unspecified atom stereocenters. The monoisotopic (exact) mass is 395 g/mol. The first-order chi connectivity index (χ1) is 13.7. The van der Waals surface area contributed by atoms with Gasteiger partial charge in [0.25, 0.3) is 0 Å². The highest BCUT2D eigenvalue weighted by Gasteiger charge is 2.24. The summed E-state index contributed by atoms with van der Waals surface area (Å²) in [5, 5.41) is 8.47. The Morgan fingerprint density at radius 2 is 2.11 bits per heavy atom. The van der Waals surface area contributed by atoms with E-state index in [1.54, 1.807) is 17.5 Å². The molecular weight excluding hydrogens is 370 g/mol. The molecule has 0 spiro atoms. The van der Waals surface area contributed by atoms with Crippen molar-refractivity contribution in [2.45, 2.75) is 57.6 Å². The van der Waals surface area contributed by atoms with Crippen molar-refractivity contribution >= 4 is 28.0 Å². The topological polar surface area (TPSA) is 64.1 Å². The number of pyridine rings is 1. The molecule has 1 aliphatic rings. The normalized spacial score (nSPS) is 19.5. The van der Waals surface area contributed by atoms with Gasteiger partial charge < -0.3 is 10.1 Å². The first-order valence-electron chi connectivity index (χ1n) is 9.87. The maximum Gasteiger partial charge on any atom is 0.220 e. The standard InChI is InChI=1S/C22H25N3O2S/c1-15-24-18(14-28-15)7-10-22(26)25-17-5-8-19(9-6-17)27-21-4-2-3-16-13-23-12-11-20(16)21/h2-4,11-14,17,19H,5-10H2,1H3,(H,25,26). The van der Waals surface area contributed by atoms with E-state index in [2.05, 4.69) is 21.4 Å². The highest BCUT2D eigenvalue weighted by Crippen LogP contribution is 2.29. The third-order valence-electron chi connectivity index (χ3n) is 5.25. The number of fused-ring (bicyclic) bond motifs is 1. The molecule has 4 rings (SSSR count). The van der Waals surface area contributed by atoms with Gasteiger partial charge in [0.2, 0.25) is 5.91 Å². The third-order valence-corrected chi connectivity index (χ3v) is 6.07. The SMILES string of the molecule is Cc1nc(CCC(=O)NC2CCC(Oc3cccc4cnccc34)CC2)cs1. The number of hydrogen-bond donors (Lipinski definition) is 1. The van der Waals surface area contributed by atoms with Crippen molar-refractivity contribution in [2.24, 2.45) is 0 Å². The Morgan fingerprint density at radius 3 is 2.89 bits per heavy atom. The van der Waals surface area contributed by atoms with Gasteiger partial charge in [-0.2, -0.15) is 0 Å². The molecule has 3 aromatic rings. The molecule has 0 radical (unpaired) electrons. The first-order valence-corrected chi connectivity index (χ1v) is 10.7. The lowest BCUT2D eigenvalue weighted by Gasteiger charge is -2.30. The van der Waals surface area contributed by atoms with E-state index in [0.29, 0.717) is 12.8 Å². The minimum Gasteiger partial charge on any atom is -0.490 e. The van der Waals surface area contributed by atoms with Crippen LogP contribution in [0, 0.1) is 6.92 Å². The number of nitrogens with one attached hydrogen (secondary N) is 1. The lowest BCUT2D eigenvalue weighted by molar-refractivity contribution is -0.122. The molecule has 2 aromatic heterocycles. The molecule has 0 saturated heterocycles. The molecule has 6 heteroatoms. The minimum absolute atomic E-state index is 0.122. The van der Waals surface area contributed by atoms with E-state index in [-0.39, 0.29) is 18.1 Å². The molecule has 1 aromatic carbocycles. The number of benzene rings is 1. The second kappa shape index (κ2) is 8.69. The molecule has 28 heavy (non-hydrogen) atoms. The summed E-state index contributed by atoms with van der Waals surface area (Å²) in [4.78, 5) is 20.8. The van der Waals surface area contributed by atoms with Crippen molar-refractivity contribution in [3.8, 4) is 5.75 Å². The largest absolute Gasteiger partial charge is 0.490 e. The Balaban J connectivity index is 1.24. The molecule has 146 valence electrons. The van der Waals surface area contributed by atoms with Gasteiger partial charge in [-0.1, -0.05) is 12.1 Å². The van der Waals surface area contributed by atoms with Crippen molar-refractivity contribution in [3.05, 3.63) is 52.7 Å². The molecule has 0 bridgehead atoms. The summed E-state index contributed by atoms with van der Waals surface area (Å²) in [7, 11) is 0. The van der Waals surface area contributed by atoms with Gasteiger partial charge in [-0.3, -0.25) is 9.78 Å². The van der Waals surface area contributed by atoms with Gasteiger partial charge in [-0.25, -0.2) is 4.98 Å². The number of nitrogens with zero attached hydrogens (tertiary/aromatic N) is 2. The smallest absolute Gasteiger partial charge is 0.220 e. The molecule has 0 atom stereocenters. The molecule has 1 aliphatic carbocycles. The number of thiazole rings is 1. The maximum atomic E-state index is 12.2. The number of carbonyl (C=O) groups excluding carboxylic acids is 1. The van der Waals surface area contributed by atoms with E-state index in [0.717, 1.165) is 52.9 Å². The second-order valence-electron chi connectivity index (χ2n) is 7.37. The van der Waals surface area contributed by atoms with Crippen LogP contribution in [0.4, 0.5) is 0 Å². The average Bonchev–Trinajstić information content (AvgIpc) is 3.13. The van der Waals surface area contributed by atoms with E-state index in [9.17, 15) is 4.79 Å². The molecule has 0 aliphatic heterocycles. The number of rotatable bonds is 6. The van der Waals surface area contributed by atoms with Crippen LogP contribution in [0.2, 0.25) is 0 Å². The van der Waals surface area contributed by atoms with Crippen molar-refractivity contribution in [2.75, 3.05) is 0 Å². The van der Waals surface area contributed by atoms with Crippen LogP contribution >= 0.6 is 11.3 Å². The molecule has 1 amide bonds. The van der Waals surface area contributed by atoms with Crippen LogP contribution < -0.4 is 10.1 Å². The Hall–Kier alpha value is -2.47. The average molecular weight is 396 g/mol. The summed E-state index contributed by atoms with van der Waals surface area (Å²) >= 11 is 1.63. The lowest BCUT2D eigenvalue weighted by atomic mass is 9.92. The van der Waals surface area contributed by atoms with E-state index >= 15 is 0 Å². The zero-order valence-electron chi connectivity index (χ0n) is 16.1. The van der Waals surface area contributed by atoms with Gasteiger partial charge in [0.05, 0.1) is 16.8 Å². The predicted molar refractivity (Wildman–Crippen MR) is 112 cm³/mol. The van der Waals surface area contributed by atoms with E-state index in [4.69, 9.17) is 4.74 Å². The number of ether oxygens (including phenoxy) is 1. The van der Waals surface area contributed by atoms with E-state index < -0.39 is 0 Å². The van der Waals surface area contributed by atoms with Crippen LogP contribution in [0.25, 0.3) is 10.8 Å².